The summed E-state index contributed by atoms with van der Waals surface area (Å²) in [4.78, 5) is 12.8. The minimum absolute atomic E-state index is 0.0706. The van der Waals surface area contributed by atoms with Gasteiger partial charge in [0.1, 0.15) is 11.7 Å². The third kappa shape index (κ3) is 4.32. The van der Waals surface area contributed by atoms with E-state index in [4.69, 9.17) is 26.5 Å². The van der Waals surface area contributed by atoms with Gasteiger partial charge in [-0.25, -0.2) is 4.98 Å². The van der Waals surface area contributed by atoms with Gasteiger partial charge in [0.25, 0.3) is 8.32 Å². The molecule has 36 heavy (non-hydrogen) atoms. The molecule has 188 valence electrons. The average Bonchev–Trinajstić information content (AvgIpc) is 3.43. The molecule has 0 aliphatic carbocycles. The topological polar surface area (TPSA) is 88.1 Å². The average molecular weight is 522 g/mol. The SMILES string of the molecule is C[C@@H]1C[C@@H](CO[Si](c2ccccc2)(c2ccccc2)C(C)(C)C)O[C@H]1n1cnc2c(Cl)nc(N)nc21. The first kappa shape index (κ1) is 24.9. The molecule has 1 aliphatic rings. The summed E-state index contributed by atoms with van der Waals surface area (Å²) >= 11 is 6.24. The van der Waals surface area contributed by atoms with Crippen LogP contribution in [-0.2, 0) is 9.16 Å². The predicted molar refractivity (Wildman–Crippen MR) is 146 cm³/mol. The lowest BCUT2D eigenvalue weighted by atomic mass is 10.1. The molecule has 0 unspecified atom stereocenters. The Balaban J connectivity index is 1.45. The maximum absolute atomic E-state index is 7.11. The molecular weight excluding hydrogens is 490 g/mol. The predicted octanol–water partition coefficient (Wildman–Crippen LogP) is 4.56. The first-order valence-corrected chi connectivity index (χ1v) is 14.6. The van der Waals surface area contributed by atoms with Gasteiger partial charge in [-0.1, -0.05) is 100.0 Å². The molecule has 9 heteroatoms. The summed E-state index contributed by atoms with van der Waals surface area (Å²) in [5.41, 5.74) is 6.96. The number of halogens is 1. The fraction of sp³-hybridized carbons (Fsp3) is 0.370. The summed E-state index contributed by atoms with van der Waals surface area (Å²) in [7, 11) is -2.64. The van der Waals surface area contributed by atoms with Crippen LogP contribution in [0.1, 0.15) is 40.3 Å². The van der Waals surface area contributed by atoms with Crippen molar-refractivity contribution in [1.29, 1.82) is 0 Å². The lowest BCUT2D eigenvalue weighted by Crippen LogP contribution is -2.67. The van der Waals surface area contributed by atoms with Crippen LogP contribution < -0.4 is 16.1 Å². The number of anilines is 1. The van der Waals surface area contributed by atoms with Crippen LogP contribution in [-0.4, -0.2) is 40.5 Å². The van der Waals surface area contributed by atoms with E-state index in [1.54, 1.807) is 6.33 Å². The van der Waals surface area contributed by atoms with Gasteiger partial charge in [0.15, 0.2) is 10.8 Å². The highest BCUT2D eigenvalue weighted by atomic mass is 35.5. The molecule has 0 saturated carbocycles. The highest BCUT2D eigenvalue weighted by Gasteiger charge is 2.51. The number of nitrogens with two attached hydrogens (primary N) is 1. The molecule has 0 amide bonds. The van der Waals surface area contributed by atoms with Crippen molar-refractivity contribution in [2.45, 2.75) is 51.5 Å². The standard InChI is InChI=1S/C27H32ClN5O2Si/c1-18-15-19(35-25(18)33-17-30-22-23(28)31-26(29)32-24(22)33)16-34-36(27(2,3)4,20-11-7-5-8-12-20)21-13-9-6-10-14-21/h5-14,17-19,25H,15-16H2,1-4H3,(H2,29,31,32)/t18-,19+,25-/m1/s1. The number of rotatable bonds is 6. The molecule has 0 radical (unpaired) electrons. The van der Waals surface area contributed by atoms with Gasteiger partial charge in [0, 0.05) is 5.92 Å². The molecule has 3 atom stereocenters. The number of nitrogens with zero attached hydrogens (tertiary/aromatic N) is 4. The van der Waals surface area contributed by atoms with Crippen LogP contribution in [0.5, 0.6) is 0 Å². The minimum Gasteiger partial charge on any atom is -0.405 e. The Kier molecular flexibility index (Phi) is 6.63. The fourth-order valence-corrected chi connectivity index (χ4v) is 10.2. The lowest BCUT2D eigenvalue weighted by Gasteiger charge is -2.43. The molecule has 2 aromatic carbocycles. The van der Waals surface area contributed by atoms with E-state index < -0.39 is 8.32 Å². The maximum atomic E-state index is 7.11. The zero-order valence-corrected chi connectivity index (χ0v) is 22.8. The summed E-state index contributed by atoms with van der Waals surface area (Å²) in [5.74, 6) is 0.344. The highest BCUT2D eigenvalue weighted by Crippen LogP contribution is 2.40. The molecule has 5 rings (SSSR count). The summed E-state index contributed by atoms with van der Waals surface area (Å²) in [6.07, 6.45) is 2.25. The Labute approximate surface area is 217 Å². The maximum Gasteiger partial charge on any atom is 0.261 e. The van der Waals surface area contributed by atoms with Crippen LogP contribution in [0.2, 0.25) is 10.2 Å². The number of aromatic nitrogens is 4. The zero-order valence-electron chi connectivity index (χ0n) is 21.1. The van der Waals surface area contributed by atoms with Gasteiger partial charge in [-0.15, -0.1) is 0 Å². The Morgan fingerprint density at radius 2 is 1.67 bits per heavy atom. The third-order valence-electron chi connectivity index (χ3n) is 7.03. The quantitative estimate of drug-likeness (QED) is 0.295. The van der Waals surface area contributed by atoms with Crippen molar-refractivity contribution in [2.75, 3.05) is 12.3 Å². The number of hydrogen-bond acceptors (Lipinski definition) is 6. The van der Waals surface area contributed by atoms with E-state index in [-0.39, 0.29) is 34.4 Å². The first-order chi connectivity index (χ1) is 17.2. The molecule has 1 fully saturated rings. The van der Waals surface area contributed by atoms with E-state index in [2.05, 4.69) is 103 Å². The van der Waals surface area contributed by atoms with Crippen LogP contribution in [0.4, 0.5) is 5.95 Å². The molecule has 2 N–H and O–H groups in total. The van der Waals surface area contributed by atoms with Gasteiger partial charge in [-0.2, -0.15) is 9.97 Å². The monoisotopic (exact) mass is 521 g/mol. The number of fused-ring (bicyclic) bond motifs is 1. The number of hydrogen-bond donors (Lipinski definition) is 1. The Hall–Kier alpha value is -2.78. The number of imidazole rings is 1. The van der Waals surface area contributed by atoms with Gasteiger partial charge in [-0.05, 0) is 21.8 Å². The smallest absolute Gasteiger partial charge is 0.261 e. The molecule has 3 heterocycles. The van der Waals surface area contributed by atoms with Gasteiger partial charge in [-0.3, -0.25) is 4.57 Å². The molecule has 1 saturated heterocycles. The molecule has 0 bridgehead atoms. The van der Waals surface area contributed by atoms with Crippen molar-refractivity contribution in [3.8, 4) is 0 Å². The summed E-state index contributed by atoms with van der Waals surface area (Å²) in [5, 5.41) is 2.67. The van der Waals surface area contributed by atoms with Crippen LogP contribution in [0.25, 0.3) is 11.2 Å². The third-order valence-corrected chi connectivity index (χ3v) is 12.3. The Morgan fingerprint density at radius 3 is 2.25 bits per heavy atom. The molecule has 0 spiro atoms. The van der Waals surface area contributed by atoms with Crippen molar-refractivity contribution >= 4 is 47.4 Å². The van der Waals surface area contributed by atoms with Crippen molar-refractivity contribution < 1.29 is 9.16 Å². The van der Waals surface area contributed by atoms with Crippen molar-refractivity contribution in [3.63, 3.8) is 0 Å². The van der Waals surface area contributed by atoms with Gasteiger partial charge in [0.2, 0.25) is 5.95 Å². The number of nitrogen functional groups attached to an aromatic ring is 1. The van der Waals surface area contributed by atoms with Crippen molar-refractivity contribution in [2.24, 2.45) is 5.92 Å². The summed E-state index contributed by atoms with van der Waals surface area (Å²) < 4.78 is 15.6. The molecule has 4 aromatic rings. The molecule has 1 aliphatic heterocycles. The second-order valence-corrected chi connectivity index (χ2v) is 15.2. The normalized spacial score (nSPS) is 20.8. The van der Waals surface area contributed by atoms with E-state index in [0.717, 1.165) is 6.42 Å². The lowest BCUT2D eigenvalue weighted by molar-refractivity contribution is -0.0266. The van der Waals surface area contributed by atoms with Crippen molar-refractivity contribution in [3.05, 3.63) is 72.1 Å². The van der Waals surface area contributed by atoms with Crippen LogP contribution in [0.3, 0.4) is 0 Å². The summed E-state index contributed by atoms with van der Waals surface area (Å²) in [6, 6.07) is 21.3. The molecule has 7 nitrogen and oxygen atoms in total. The number of benzene rings is 2. The van der Waals surface area contributed by atoms with Gasteiger partial charge < -0.3 is 14.9 Å². The molecule has 2 aromatic heterocycles. The second-order valence-electron chi connectivity index (χ2n) is 10.5. The van der Waals surface area contributed by atoms with E-state index >= 15 is 0 Å². The van der Waals surface area contributed by atoms with Crippen LogP contribution >= 0.6 is 11.6 Å². The largest absolute Gasteiger partial charge is 0.405 e. The first-order valence-electron chi connectivity index (χ1n) is 12.3. The zero-order chi connectivity index (χ0) is 25.5. The minimum atomic E-state index is -2.64. The van der Waals surface area contributed by atoms with Crippen LogP contribution in [0, 0.1) is 5.92 Å². The van der Waals surface area contributed by atoms with E-state index in [9.17, 15) is 0 Å². The van der Waals surface area contributed by atoms with Gasteiger partial charge in [0.05, 0.1) is 19.0 Å². The molecular formula is C27H32ClN5O2Si. The Bertz CT molecular complexity index is 1300. The van der Waals surface area contributed by atoms with E-state index in [1.807, 2.05) is 4.57 Å². The van der Waals surface area contributed by atoms with Crippen LogP contribution in [0.15, 0.2) is 67.0 Å². The Morgan fingerprint density at radius 1 is 1.06 bits per heavy atom. The number of ether oxygens (including phenoxy) is 1. The fourth-order valence-electron chi connectivity index (χ4n) is 5.43. The second kappa shape index (κ2) is 9.59. The summed E-state index contributed by atoms with van der Waals surface area (Å²) in [6.45, 7) is 9.52. The van der Waals surface area contributed by atoms with Crippen molar-refractivity contribution in [1.82, 2.24) is 19.5 Å². The van der Waals surface area contributed by atoms with E-state index in [0.29, 0.717) is 17.8 Å². The van der Waals surface area contributed by atoms with Gasteiger partial charge >= 0.3 is 0 Å². The highest BCUT2D eigenvalue weighted by molar-refractivity contribution is 6.99. The van der Waals surface area contributed by atoms with E-state index in [1.165, 1.54) is 10.4 Å².